The molecule has 2 N–H and O–H groups in total. The second-order valence-corrected chi connectivity index (χ2v) is 4.46. The van der Waals surface area contributed by atoms with Gasteiger partial charge in [0.25, 0.3) is 0 Å². The Labute approximate surface area is 86.3 Å². The van der Waals surface area contributed by atoms with E-state index in [4.69, 9.17) is 5.73 Å². The number of hydrogen-bond donors (Lipinski definition) is 1. The first-order chi connectivity index (χ1) is 6.72. The molecule has 76 valence electrons. The Balaban J connectivity index is 2.05. The molecule has 0 spiro atoms. The molecule has 14 heavy (non-hydrogen) atoms. The maximum Gasteiger partial charge on any atom is 0.00448 e. The van der Waals surface area contributed by atoms with Gasteiger partial charge in [0.15, 0.2) is 0 Å². The molecule has 0 bridgehead atoms. The van der Waals surface area contributed by atoms with Crippen molar-refractivity contribution in [1.82, 2.24) is 0 Å². The summed E-state index contributed by atoms with van der Waals surface area (Å²) in [6, 6.07) is 9.38. The molecule has 0 unspecified atom stereocenters. The molecule has 2 rings (SSSR count). The van der Waals surface area contributed by atoms with Gasteiger partial charge in [-0.3, -0.25) is 0 Å². The van der Waals surface area contributed by atoms with E-state index in [1.807, 2.05) is 0 Å². The molecule has 1 saturated carbocycles. The maximum absolute atomic E-state index is 5.88. The van der Waals surface area contributed by atoms with Gasteiger partial charge in [-0.05, 0) is 42.7 Å². The van der Waals surface area contributed by atoms with Gasteiger partial charge in [-0.1, -0.05) is 31.2 Å². The van der Waals surface area contributed by atoms with Crippen LogP contribution < -0.4 is 5.73 Å². The van der Waals surface area contributed by atoms with Crippen LogP contribution in [0.5, 0.6) is 0 Å². The van der Waals surface area contributed by atoms with Crippen LogP contribution in [0.3, 0.4) is 0 Å². The number of aryl methyl sites for hydroxylation is 1. The van der Waals surface area contributed by atoms with Gasteiger partial charge in [0.1, 0.15) is 0 Å². The summed E-state index contributed by atoms with van der Waals surface area (Å²) in [6.45, 7) is 4.31. The molecule has 1 nitrogen and oxygen atoms in total. The molecule has 1 heteroatoms. The minimum Gasteiger partial charge on any atom is -0.328 e. The third kappa shape index (κ3) is 1.83. The molecule has 0 amide bonds. The van der Waals surface area contributed by atoms with Crippen molar-refractivity contribution in [2.24, 2.45) is 11.7 Å². The van der Waals surface area contributed by atoms with Gasteiger partial charge in [0.2, 0.25) is 0 Å². The highest BCUT2D eigenvalue weighted by atomic mass is 14.7. The molecule has 3 atom stereocenters. The zero-order valence-electron chi connectivity index (χ0n) is 9.03. The number of rotatable bonds is 3. The Morgan fingerprint density at radius 1 is 1.36 bits per heavy atom. The molecule has 1 aromatic rings. The standard InChI is InChI=1S/C13H19N/c1-3-10-4-6-11(7-5-10)13-8-12(13)9(2)14/h4-7,9,12-13H,3,8,14H2,1-2H3/t9-,12+,13-/m0/s1. The lowest BCUT2D eigenvalue weighted by atomic mass is 10.0. The first kappa shape index (κ1) is 9.72. The van der Waals surface area contributed by atoms with Gasteiger partial charge in [0.05, 0.1) is 0 Å². The maximum atomic E-state index is 5.88. The highest BCUT2D eigenvalue weighted by molar-refractivity contribution is 5.30. The van der Waals surface area contributed by atoms with Crippen molar-refractivity contribution in [3.63, 3.8) is 0 Å². The third-order valence-corrected chi connectivity index (χ3v) is 3.33. The van der Waals surface area contributed by atoms with Crippen molar-refractivity contribution in [2.75, 3.05) is 0 Å². The van der Waals surface area contributed by atoms with Gasteiger partial charge in [-0.15, -0.1) is 0 Å². The number of hydrogen-bond acceptors (Lipinski definition) is 1. The Morgan fingerprint density at radius 3 is 2.43 bits per heavy atom. The Hall–Kier alpha value is -0.820. The van der Waals surface area contributed by atoms with Crippen LogP contribution in [0.1, 0.15) is 37.3 Å². The van der Waals surface area contributed by atoms with Crippen molar-refractivity contribution >= 4 is 0 Å². The van der Waals surface area contributed by atoms with Gasteiger partial charge >= 0.3 is 0 Å². The normalized spacial score (nSPS) is 27.4. The molecule has 0 saturated heterocycles. The summed E-state index contributed by atoms with van der Waals surface area (Å²) in [5.41, 5.74) is 8.78. The molecular weight excluding hydrogens is 170 g/mol. The van der Waals surface area contributed by atoms with Crippen molar-refractivity contribution in [1.29, 1.82) is 0 Å². The van der Waals surface area contributed by atoms with Crippen molar-refractivity contribution in [3.05, 3.63) is 35.4 Å². The zero-order valence-corrected chi connectivity index (χ0v) is 9.03. The Bertz CT molecular complexity index is 300. The molecule has 0 aromatic heterocycles. The third-order valence-electron chi connectivity index (χ3n) is 3.33. The van der Waals surface area contributed by atoms with E-state index in [1.54, 1.807) is 0 Å². The van der Waals surface area contributed by atoms with Crippen molar-refractivity contribution in [2.45, 2.75) is 38.6 Å². The average molecular weight is 189 g/mol. The minimum absolute atomic E-state index is 0.353. The van der Waals surface area contributed by atoms with Crippen LogP contribution in [0, 0.1) is 5.92 Å². The molecule has 0 aliphatic heterocycles. The summed E-state index contributed by atoms with van der Waals surface area (Å²) < 4.78 is 0. The smallest absolute Gasteiger partial charge is 0.00448 e. The van der Waals surface area contributed by atoms with Crippen molar-refractivity contribution in [3.8, 4) is 0 Å². The first-order valence-electron chi connectivity index (χ1n) is 5.56. The average Bonchev–Trinajstić information content (AvgIpc) is 2.97. The molecule has 1 fully saturated rings. The summed E-state index contributed by atoms with van der Waals surface area (Å²) in [6.07, 6.45) is 2.41. The molecule has 0 radical (unpaired) electrons. The lowest BCUT2D eigenvalue weighted by Crippen LogP contribution is -2.17. The topological polar surface area (TPSA) is 26.0 Å². The second kappa shape index (κ2) is 3.74. The van der Waals surface area contributed by atoms with Gasteiger partial charge < -0.3 is 5.73 Å². The van der Waals surface area contributed by atoms with Crippen LogP contribution in [0.4, 0.5) is 0 Å². The fraction of sp³-hybridized carbons (Fsp3) is 0.538. The fourth-order valence-electron chi connectivity index (χ4n) is 2.18. The van der Waals surface area contributed by atoms with E-state index in [9.17, 15) is 0 Å². The van der Waals surface area contributed by atoms with Crippen LogP contribution in [-0.4, -0.2) is 6.04 Å². The van der Waals surface area contributed by atoms with E-state index in [1.165, 1.54) is 17.5 Å². The minimum atomic E-state index is 0.353. The largest absolute Gasteiger partial charge is 0.328 e. The lowest BCUT2D eigenvalue weighted by molar-refractivity contribution is 0.631. The Kier molecular flexibility index (Phi) is 2.60. The van der Waals surface area contributed by atoms with Crippen LogP contribution in [0.25, 0.3) is 0 Å². The van der Waals surface area contributed by atoms with Gasteiger partial charge in [-0.25, -0.2) is 0 Å². The molecule has 1 aromatic carbocycles. The second-order valence-electron chi connectivity index (χ2n) is 4.46. The Morgan fingerprint density at radius 2 is 2.00 bits per heavy atom. The lowest BCUT2D eigenvalue weighted by Gasteiger charge is -2.04. The molecule has 1 aliphatic carbocycles. The summed E-state index contributed by atoms with van der Waals surface area (Å²) in [5.74, 6) is 1.46. The summed E-state index contributed by atoms with van der Waals surface area (Å²) >= 11 is 0. The number of benzene rings is 1. The highest BCUT2D eigenvalue weighted by Crippen LogP contribution is 2.48. The summed E-state index contributed by atoms with van der Waals surface area (Å²) in [5, 5.41) is 0. The van der Waals surface area contributed by atoms with E-state index in [2.05, 4.69) is 38.1 Å². The highest BCUT2D eigenvalue weighted by Gasteiger charge is 2.40. The van der Waals surface area contributed by atoms with Crippen LogP contribution >= 0.6 is 0 Å². The SMILES string of the molecule is CCc1ccc([C@@H]2C[C@@H]2[C@H](C)N)cc1. The summed E-state index contributed by atoms with van der Waals surface area (Å²) in [4.78, 5) is 0. The predicted octanol–water partition coefficient (Wildman–Crippen LogP) is 2.70. The first-order valence-corrected chi connectivity index (χ1v) is 5.56. The number of nitrogens with two attached hydrogens (primary N) is 1. The zero-order chi connectivity index (χ0) is 10.1. The fourth-order valence-corrected chi connectivity index (χ4v) is 2.18. The van der Waals surface area contributed by atoms with Crippen molar-refractivity contribution < 1.29 is 0 Å². The molecule has 1 aliphatic rings. The van der Waals surface area contributed by atoms with E-state index in [-0.39, 0.29) is 0 Å². The van der Waals surface area contributed by atoms with E-state index in [0.717, 1.165) is 18.3 Å². The van der Waals surface area contributed by atoms with E-state index in [0.29, 0.717) is 6.04 Å². The molecular formula is C13H19N. The molecule has 0 heterocycles. The predicted molar refractivity (Wildman–Crippen MR) is 60.3 cm³/mol. The monoisotopic (exact) mass is 189 g/mol. The van der Waals surface area contributed by atoms with Gasteiger partial charge in [-0.2, -0.15) is 0 Å². The van der Waals surface area contributed by atoms with E-state index >= 15 is 0 Å². The quantitative estimate of drug-likeness (QED) is 0.777. The van der Waals surface area contributed by atoms with E-state index < -0.39 is 0 Å². The van der Waals surface area contributed by atoms with Crippen LogP contribution in [0.2, 0.25) is 0 Å². The van der Waals surface area contributed by atoms with Crippen LogP contribution in [-0.2, 0) is 6.42 Å². The summed E-state index contributed by atoms with van der Waals surface area (Å²) in [7, 11) is 0. The van der Waals surface area contributed by atoms with Gasteiger partial charge in [0, 0.05) is 6.04 Å². The van der Waals surface area contributed by atoms with Crippen LogP contribution in [0.15, 0.2) is 24.3 Å².